The molecule has 0 spiro atoms. The molecule has 4 heteroatoms. The maximum atomic E-state index is 6.91. The van der Waals surface area contributed by atoms with Crippen molar-refractivity contribution in [2.24, 2.45) is 0 Å². The fraction of sp³-hybridized carbons (Fsp3) is 0. The van der Waals surface area contributed by atoms with Gasteiger partial charge in [-0.15, -0.1) is 0 Å². The molecular formula is C48H30BNO2. The van der Waals surface area contributed by atoms with Crippen LogP contribution in [0.1, 0.15) is 0 Å². The molecule has 2 aliphatic rings. The van der Waals surface area contributed by atoms with Gasteiger partial charge in [0.25, 0.3) is 0 Å². The zero-order chi connectivity index (χ0) is 34.2. The largest absolute Gasteiger partial charge is 0.551 e. The molecule has 1 aromatic heterocycles. The standard InChI is InChI=1S/C48H30BNO2/c1-2-14-31(15-3-1)34-16-4-5-17-35(34)32-26-27-45-39(28-32)40-29-33(30-47-48(40)49(52-45)41-21-9-13-25-46(41)51-47)36-18-6-10-22-42(36)50-43-23-11-7-19-37(43)38-20-8-12-24-44(38)50/h1-30H. The van der Waals surface area contributed by atoms with Gasteiger partial charge in [0.15, 0.2) is 0 Å². The quantitative estimate of drug-likeness (QED) is 0.175. The van der Waals surface area contributed by atoms with Crippen molar-refractivity contribution < 1.29 is 9.39 Å². The van der Waals surface area contributed by atoms with Gasteiger partial charge >= 0.3 is 6.92 Å². The van der Waals surface area contributed by atoms with Gasteiger partial charge in [0.1, 0.15) is 17.2 Å². The first-order chi connectivity index (χ1) is 25.8. The molecule has 242 valence electrons. The van der Waals surface area contributed by atoms with Crippen LogP contribution in [0.3, 0.4) is 0 Å². The summed E-state index contributed by atoms with van der Waals surface area (Å²) in [7, 11) is 0. The number of aromatic nitrogens is 1. The Morgan fingerprint density at radius 1 is 0.385 bits per heavy atom. The summed E-state index contributed by atoms with van der Waals surface area (Å²) in [6.45, 7) is -0.272. The van der Waals surface area contributed by atoms with Crippen molar-refractivity contribution in [2.75, 3.05) is 0 Å². The minimum absolute atomic E-state index is 0.272. The summed E-state index contributed by atoms with van der Waals surface area (Å²) in [6.07, 6.45) is 0. The molecule has 11 rings (SSSR count). The highest BCUT2D eigenvalue weighted by Crippen LogP contribution is 2.45. The van der Waals surface area contributed by atoms with Gasteiger partial charge in [-0.2, -0.15) is 0 Å². The molecule has 0 N–H and O–H groups in total. The number of rotatable bonds is 4. The average molecular weight is 664 g/mol. The third-order valence-corrected chi connectivity index (χ3v) is 10.7. The molecule has 0 amide bonds. The minimum Gasteiger partial charge on any atom is -0.551 e. The van der Waals surface area contributed by atoms with Gasteiger partial charge in [-0.25, -0.2) is 0 Å². The highest BCUT2D eigenvalue weighted by atomic mass is 16.5. The molecule has 0 saturated heterocycles. The van der Waals surface area contributed by atoms with E-state index in [1.807, 2.05) is 12.1 Å². The fourth-order valence-electron chi connectivity index (χ4n) is 8.38. The van der Waals surface area contributed by atoms with Crippen LogP contribution < -0.4 is 20.3 Å². The van der Waals surface area contributed by atoms with Gasteiger partial charge < -0.3 is 14.0 Å². The third kappa shape index (κ3) is 4.34. The smallest absolute Gasteiger partial charge is 0.434 e. The third-order valence-electron chi connectivity index (χ3n) is 10.7. The van der Waals surface area contributed by atoms with Crippen LogP contribution in [0, 0.1) is 0 Å². The summed E-state index contributed by atoms with van der Waals surface area (Å²) in [6, 6.07) is 64.8. The lowest BCUT2D eigenvalue weighted by atomic mass is 9.50. The Hall–Kier alpha value is -6.78. The summed E-state index contributed by atoms with van der Waals surface area (Å²) in [5.74, 6) is 2.53. The molecule has 0 atom stereocenters. The molecule has 9 aromatic rings. The maximum Gasteiger partial charge on any atom is 0.434 e. The molecule has 52 heavy (non-hydrogen) atoms. The minimum atomic E-state index is -0.272. The Morgan fingerprint density at radius 2 is 1.00 bits per heavy atom. The van der Waals surface area contributed by atoms with Crippen molar-refractivity contribution in [1.29, 1.82) is 0 Å². The summed E-state index contributed by atoms with van der Waals surface area (Å²) < 4.78 is 16.1. The normalized spacial score (nSPS) is 12.5. The molecule has 0 bridgehead atoms. The molecule has 0 aliphatic carbocycles. The summed E-state index contributed by atoms with van der Waals surface area (Å²) in [5.41, 5.74) is 14.7. The number of nitrogens with zero attached hydrogens (tertiary/aromatic N) is 1. The zero-order valence-electron chi connectivity index (χ0n) is 28.2. The highest BCUT2D eigenvalue weighted by Gasteiger charge is 2.41. The Kier molecular flexibility index (Phi) is 6.35. The van der Waals surface area contributed by atoms with Crippen LogP contribution in [-0.4, -0.2) is 11.5 Å². The van der Waals surface area contributed by atoms with Crippen LogP contribution in [-0.2, 0) is 0 Å². The van der Waals surface area contributed by atoms with Crippen LogP contribution in [0.15, 0.2) is 182 Å². The van der Waals surface area contributed by atoms with E-state index in [1.54, 1.807) is 0 Å². The predicted octanol–water partition coefficient (Wildman–Crippen LogP) is 11.1. The average Bonchev–Trinajstić information content (AvgIpc) is 3.55. The van der Waals surface area contributed by atoms with E-state index < -0.39 is 0 Å². The molecule has 8 aromatic carbocycles. The SMILES string of the molecule is c1ccc(-c2ccccc2-c2ccc3c(c2)-c2cc(-c4ccccc4-n4c5ccccc5c5ccccc54)cc4c2B(O3)c2ccccc2O4)cc1. The molecule has 3 heterocycles. The van der Waals surface area contributed by atoms with Gasteiger partial charge in [-0.1, -0.05) is 133 Å². The summed E-state index contributed by atoms with van der Waals surface area (Å²) in [4.78, 5) is 0. The monoisotopic (exact) mass is 663 g/mol. The van der Waals surface area contributed by atoms with Crippen molar-refractivity contribution in [3.05, 3.63) is 182 Å². The van der Waals surface area contributed by atoms with Gasteiger partial charge in [-0.3, -0.25) is 0 Å². The first-order valence-corrected chi connectivity index (χ1v) is 17.8. The van der Waals surface area contributed by atoms with E-state index in [2.05, 4.69) is 174 Å². The van der Waals surface area contributed by atoms with Gasteiger partial charge in [0.05, 0.1) is 16.7 Å². The molecule has 0 radical (unpaired) electrons. The number of para-hydroxylation sites is 4. The number of hydrogen-bond acceptors (Lipinski definition) is 2. The lowest BCUT2D eigenvalue weighted by Gasteiger charge is -2.33. The van der Waals surface area contributed by atoms with Gasteiger partial charge in [0, 0.05) is 32.8 Å². The Morgan fingerprint density at radius 3 is 1.79 bits per heavy atom. The van der Waals surface area contributed by atoms with Crippen molar-refractivity contribution in [2.45, 2.75) is 0 Å². The first kappa shape index (κ1) is 29.0. The molecular weight excluding hydrogens is 633 g/mol. The summed E-state index contributed by atoms with van der Waals surface area (Å²) >= 11 is 0. The Bertz CT molecular complexity index is 2820. The van der Waals surface area contributed by atoms with Gasteiger partial charge in [-0.05, 0) is 81.9 Å². The maximum absolute atomic E-state index is 6.91. The van der Waals surface area contributed by atoms with Crippen molar-refractivity contribution in [3.63, 3.8) is 0 Å². The van der Waals surface area contributed by atoms with Crippen LogP contribution in [0.2, 0.25) is 0 Å². The second-order valence-electron chi connectivity index (χ2n) is 13.6. The molecule has 2 aliphatic heterocycles. The van der Waals surface area contributed by atoms with E-state index >= 15 is 0 Å². The zero-order valence-corrected chi connectivity index (χ0v) is 28.2. The first-order valence-electron chi connectivity index (χ1n) is 17.8. The van der Waals surface area contributed by atoms with Crippen LogP contribution in [0.25, 0.3) is 72.0 Å². The van der Waals surface area contributed by atoms with Crippen LogP contribution >= 0.6 is 0 Å². The van der Waals surface area contributed by atoms with E-state index in [9.17, 15) is 0 Å². The van der Waals surface area contributed by atoms with Crippen molar-refractivity contribution >= 4 is 39.6 Å². The number of ether oxygens (including phenoxy) is 1. The van der Waals surface area contributed by atoms with Crippen LogP contribution in [0.4, 0.5) is 0 Å². The highest BCUT2D eigenvalue weighted by molar-refractivity contribution is 6.84. The van der Waals surface area contributed by atoms with E-state index in [-0.39, 0.29) is 6.92 Å². The lowest BCUT2D eigenvalue weighted by molar-refractivity contribution is 0.479. The van der Waals surface area contributed by atoms with Crippen LogP contribution in [0.5, 0.6) is 17.2 Å². The lowest BCUT2D eigenvalue weighted by Crippen LogP contribution is -2.53. The van der Waals surface area contributed by atoms with Crippen molar-refractivity contribution in [1.82, 2.24) is 4.57 Å². The Labute approximate surface area is 302 Å². The second kappa shape index (κ2) is 11.4. The summed E-state index contributed by atoms with van der Waals surface area (Å²) in [5, 5.41) is 2.48. The molecule has 3 nitrogen and oxygen atoms in total. The molecule has 0 saturated carbocycles. The molecule has 0 unspecified atom stereocenters. The van der Waals surface area contributed by atoms with Crippen molar-refractivity contribution in [3.8, 4) is 67.4 Å². The number of benzene rings is 8. The Balaban J connectivity index is 1.15. The fourth-order valence-corrected chi connectivity index (χ4v) is 8.38. The van der Waals surface area contributed by atoms with E-state index in [0.29, 0.717) is 0 Å². The second-order valence-corrected chi connectivity index (χ2v) is 13.6. The van der Waals surface area contributed by atoms with E-state index in [0.717, 1.165) is 61.7 Å². The van der Waals surface area contributed by atoms with E-state index in [1.165, 1.54) is 38.5 Å². The molecule has 0 fully saturated rings. The predicted molar refractivity (Wildman–Crippen MR) is 215 cm³/mol. The number of fused-ring (bicyclic) bond motifs is 7. The van der Waals surface area contributed by atoms with E-state index in [4.69, 9.17) is 9.39 Å². The number of hydrogen-bond donors (Lipinski definition) is 0. The van der Waals surface area contributed by atoms with Gasteiger partial charge in [0.2, 0.25) is 0 Å². The topological polar surface area (TPSA) is 23.4 Å².